The second-order valence-corrected chi connectivity index (χ2v) is 5.43. The first-order chi connectivity index (χ1) is 8.57. The maximum absolute atomic E-state index is 11.9. The maximum Gasteiger partial charge on any atom is 0.324 e. The number of hydrogen-bond donors (Lipinski definition) is 1. The number of anilines is 1. The van der Waals surface area contributed by atoms with Gasteiger partial charge in [0.1, 0.15) is 0 Å². The molecule has 2 aliphatic rings. The first kappa shape index (κ1) is 11.5. The number of aliphatic hydroxyl groups is 1. The number of likely N-dealkylation sites (N-methyl/N-ethyl adjacent to an activating group) is 1. The van der Waals surface area contributed by atoms with Crippen molar-refractivity contribution in [3.63, 3.8) is 0 Å². The molecule has 4 heteroatoms. The van der Waals surface area contributed by atoms with Crippen LogP contribution in [0.5, 0.6) is 0 Å². The van der Waals surface area contributed by atoms with E-state index >= 15 is 0 Å². The molecule has 1 heterocycles. The molecule has 1 aliphatic carbocycles. The first-order valence-corrected chi connectivity index (χ1v) is 6.41. The standard InChI is InChI=1S/C14H18N2O2/c1-15-7-8-16(13(15)17)12-4-2-3-11(9-12)10-14(18)5-6-14/h2-4,9,18H,5-8,10H2,1H3. The summed E-state index contributed by atoms with van der Waals surface area (Å²) in [6.45, 7) is 1.51. The van der Waals surface area contributed by atoms with Gasteiger partial charge < -0.3 is 10.0 Å². The van der Waals surface area contributed by atoms with Crippen LogP contribution in [0.1, 0.15) is 18.4 Å². The number of benzene rings is 1. The zero-order valence-corrected chi connectivity index (χ0v) is 10.6. The van der Waals surface area contributed by atoms with Crippen LogP contribution in [-0.4, -0.2) is 41.8 Å². The molecule has 0 atom stereocenters. The minimum atomic E-state index is -0.482. The van der Waals surface area contributed by atoms with Crippen LogP contribution in [-0.2, 0) is 6.42 Å². The molecule has 0 radical (unpaired) electrons. The molecule has 1 aromatic carbocycles. The first-order valence-electron chi connectivity index (χ1n) is 6.41. The lowest BCUT2D eigenvalue weighted by Gasteiger charge is -2.17. The second-order valence-electron chi connectivity index (χ2n) is 5.43. The van der Waals surface area contributed by atoms with Gasteiger partial charge in [0.25, 0.3) is 0 Å². The molecule has 0 unspecified atom stereocenters. The number of carbonyl (C=O) groups is 1. The Morgan fingerprint density at radius 1 is 1.33 bits per heavy atom. The van der Waals surface area contributed by atoms with Gasteiger partial charge in [-0.15, -0.1) is 0 Å². The van der Waals surface area contributed by atoms with Gasteiger partial charge in [0.15, 0.2) is 0 Å². The number of rotatable bonds is 3. The van der Waals surface area contributed by atoms with Crippen LogP contribution >= 0.6 is 0 Å². The maximum atomic E-state index is 11.9. The van der Waals surface area contributed by atoms with E-state index in [1.807, 2.05) is 31.3 Å². The van der Waals surface area contributed by atoms with Crippen molar-refractivity contribution in [3.05, 3.63) is 29.8 Å². The zero-order valence-electron chi connectivity index (χ0n) is 10.6. The molecule has 1 N–H and O–H groups in total. The number of carbonyl (C=O) groups excluding carboxylic acids is 1. The van der Waals surface area contributed by atoms with Crippen LogP contribution in [0.4, 0.5) is 10.5 Å². The molecule has 96 valence electrons. The van der Waals surface area contributed by atoms with Gasteiger partial charge >= 0.3 is 6.03 Å². The minimum Gasteiger partial charge on any atom is -0.390 e. The van der Waals surface area contributed by atoms with Gasteiger partial charge in [-0.05, 0) is 30.5 Å². The Kier molecular flexibility index (Phi) is 2.55. The quantitative estimate of drug-likeness (QED) is 0.881. The van der Waals surface area contributed by atoms with Gasteiger partial charge in [0, 0.05) is 32.2 Å². The lowest BCUT2D eigenvalue weighted by Crippen LogP contribution is -2.29. The fourth-order valence-corrected chi connectivity index (χ4v) is 2.42. The second kappa shape index (κ2) is 3.99. The van der Waals surface area contributed by atoms with Crippen molar-refractivity contribution in [1.29, 1.82) is 0 Å². The van der Waals surface area contributed by atoms with Crippen molar-refractivity contribution in [3.8, 4) is 0 Å². The van der Waals surface area contributed by atoms with Gasteiger partial charge in [0.05, 0.1) is 5.60 Å². The topological polar surface area (TPSA) is 43.8 Å². The number of urea groups is 1. The summed E-state index contributed by atoms with van der Waals surface area (Å²) in [5.41, 5.74) is 1.56. The van der Waals surface area contributed by atoms with Crippen molar-refractivity contribution in [2.24, 2.45) is 0 Å². The normalized spacial score (nSPS) is 21.6. The average molecular weight is 246 g/mol. The molecular weight excluding hydrogens is 228 g/mol. The van der Waals surface area contributed by atoms with E-state index in [1.54, 1.807) is 9.80 Å². The highest BCUT2D eigenvalue weighted by Gasteiger charge is 2.40. The fraction of sp³-hybridized carbons (Fsp3) is 0.500. The molecule has 2 fully saturated rings. The smallest absolute Gasteiger partial charge is 0.324 e. The predicted molar refractivity (Wildman–Crippen MR) is 69.7 cm³/mol. The fourth-order valence-electron chi connectivity index (χ4n) is 2.42. The average Bonchev–Trinajstić information content (AvgIpc) is 2.97. The number of hydrogen-bond acceptors (Lipinski definition) is 2. The largest absolute Gasteiger partial charge is 0.390 e. The lowest BCUT2D eigenvalue weighted by atomic mass is 10.1. The van der Waals surface area contributed by atoms with Gasteiger partial charge in [-0.3, -0.25) is 4.90 Å². The summed E-state index contributed by atoms with van der Waals surface area (Å²) in [7, 11) is 1.82. The molecule has 0 aromatic heterocycles. The monoisotopic (exact) mass is 246 g/mol. The molecule has 3 rings (SSSR count). The molecule has 1 saturated heterocycles. The van der Waals surface area contributed by atoms with Gasteiger partial charge in [-0.1, -0.05) is 12.1 Å². The van der Waals surface area contributed by atoms with Crippen LogP contribution in [0.2, 0.25) is 0 Å². The molecule has 18 heavy (non-hydrogen) atoms. The Balaban J connectivity index is 1.80. The summed E-state index contributed by atoms with van der Waals surface area (Å²) in [6.07, 6.45) is 2.48. The van der Waals surface area contributed by atoms with E-state index < -0.39 is 5.60 Å². The molecular formula is C14H18N2O2. The van der Waals surface area contributed by atoms with Crippen LogP contribution < -0.4 is 4.90 Å². The Morgan fingerprint density at radius 3 is 2.72 bits per heavy atom. The van der Waals surface area contributed by atoms with E-state index in [4.69, 9.17) is 0 Å². The lowest BCUT2D eigenvalue weighted by molar-refractivity contribution is 0.151. The Bertz CT molecular complexity index is 482. The van der Waals surface area contributed by atoms with Crippen molar-refractivity contribution in [2.45, 2.75) is 24.9 Å². The van der Waals surface area contributed by atoms with Crippen LogP contribution in [0, 0.1) is 0 Å². The Morgan fingerprint density at radius 2 is 2.11 bits per heavy atom. The summed E-state index contributed by atoms with van der Waals surface area (Å²) in [6, 6.07) is 8.01. The molecule has 0 bridgehead atoms. The predicted octanol–water partition coefficient (Wildman–Crippen LogP) is 1.63. The summed E-state index contributed by atoms with van der Waals surface area (Å²) in [4.78, 5) is 15.4. The summed E-state index contributed by atoms with van der Waals surface area (Å²) >= 11 is 0. The highest BCUT2D eigenvalue weighted by Crippen LogP contribution is 2.38. The van der Waals surface area contributed by atoms with Gasteiger partial charge in [-0.25, -0.2) is 4.79 Å². The minimum absolute atomic E-state index is 0.0530. The van der Waals surface area contributed by atoms with E-state index in [-0.39, 0.29) is 6.03 Å². The Labute approximate surface area is 107 Å². The SMILES string of the molecule is CN1CCN(c2cccc(CC3(O)CC3)c2)C1=O. The van der Waals surface area contributed by atoms with Gasteiger partial charge in [-0.2, -0.15) is 0 Å². The van der Waals surface area contributed by atoms with Crippen molar-refractivity contribution < 1.29 is 9.90 Å². The van der Waals surface area contributed by atoms with E-state index in [1.165, 1.54) is 0 Å². The summed E-state index contributed by atoms with van der Waals surface area (Å²) < 4.78 is 0. The van der Waals surface area contributed by atoms with E-state index in [2.05, 4.69) is 0 Å². The summed E-state index contributed by atoms with van der Waals surface area (Å²) in [5.74, 6) is 0. The third-order valence-electron chi connectivity index (χ3n) is 3.80. The molecule has 1 aliphatic heterocycles. The zero-order chi connectivity index (χ0) is 12.8. The molecule has 4 nitrogen and oxygen atoms in total. The third kappa shape index (κ3) is 2.08. The molecule has 2 amide bonds. The molecule has 1 saturated carbocycles. The summed E-state index contributed by atoms with van der Waals surface area (Å²) in [5, 5.41) is 9.94. The van der Waals surface area contributed by atoms with Crippen molar-refractivity contribution in [1.82, 2.24) is 4.90 Å². The van der Waals surface area contributed by atoms with E-state index in [0.29, 0.717) is 6.42 Å². The van der Waals surface area contributed by atoms with Gasteiger partial charge in [0.2, 0.25) is 0 Å². The third-order valence-corrected chi connectivity index (χ3v) is 3.80. The van der Waals surface area contributed by atoms with Crippen molar-refractivity contribution in [2.75, 3.05) is 25.0 Å². The van der Waals surface area contributed by atoms with Crippen LogP contribution in [0.15, 0.2) is 24.3 Å². The van der Waals surface area contributed by atoms with Crippen LogP contribution in [0.25, 0.3) is 0 Å². The number of amides is 2. The van der Waals surface area contributed by atoms with Crippen LogP contribution in [0.3, 0.4) is 0 Å². The molecule has 1 aromatic rings. The number of nitrogens with zero attached hydrogens (tertiary/aromatic N) is 2. The van der Waals surface area contributed by atoms with E-state index in [9.17, 15) is 9.90 Å². The Hall–Kier alpha value is -1.55. The van der Waals surface area contributed by atoms with E-state index in [0.717, 1.165) is 37.2 Å². The molecule has 0 spiro atoms. The highest BCUT2D eigenvalue weighted by molar-refractivity contribution is 5.93. The van der Waals surface area contributed by atoms with Crippen molar-refractivity contribution >= 4 is 11.7 Å². The highest BCUT2D eigenvalue weighted by atomic mass is 16.3.